The van der Waals surface area contributed by atoms with Crippen molar-refractivity contribution < 1.29 is 4.74 Å². The van der Waals surface area contributed by atoms with E-state index in [-0.39, 0.29) is 5.41 Å². The molecule has 3 rings (SSSR count). The average Bonchev–Trinajstić information content (AvgIpc) is 2.73. The maximum atomic E-state index is 6.21. The SMILES string of the molecule is COc1ccc2nc(N)n(C3CCCCC3(C)C)c2c1. The molecule has 0 aliphatic heterocycles. The third kappa shape index (κ3) is 2.03. The van der Waals surface area contributed by atoms with Crippen molar-refractivity contribution in [3.05, 3.63) is 18.2 Å². The molecule has 2 N–H and O–H groups in total. The molecule has 0 radical (unpaired) electrons. The van der Waals surface area contributed by atoms with E-state index in [2.05, 4.69) is 23.4 Å². The standard InChI is InChI=1S/C16H23N3O/c1-16(2)9-5-4-6-14(16)19-13-10-11(20-3)7-8-12(13)18-15(19)17/h7-8,10,14H,4-6,9H2,1-3H3,(H2,17,18). The van der Waals surface area contributed by atoms with Gasteiger partial charge < -0.3 is 15.0 Å². The summed E-state index contributed by atoms with van der Waals surface area (Å²) in [6, 6.07) is 6.37. The van der Waals surface area contributed by atoms with Crippen molar-refractivity contribution in [2.45, 2.75) is 45.6 Å². The Hall–Kier alpha value is -1.71. The predicted octanol–water partition coefficient (Wildman–Crippen LogP) is 3.77. The lowest BCUT2D eigenvalue weighted by Gasteiger charge is -2.40. The van der Waals surface area contributed by atoms with Gasteiger partial charge in [-0.3, -0.25) is 0 Å². The summed E-state index contributed by atoms with van der Waals surface area (Å²) >= 11 is 0. The Balaban J connectivity index is 2.16. The highest BCUT2D eigenvalue weighted by Gasteiger charge is 2.35. The van der Waals surface area contributed by atoms with Crippen LogP contribution in [0.15, 0.2) is 18.2 Å². The maximum absolute atomic E-state index is 6.21. The first-order valence-electron chi connectivity index (χ1n) is 7.34. The van der Waals surface area contributed by atoms with Crippen LogP contribution in [0.2, 0.25) is 0 Å². The van der Waals surface area contributed by atoms with Crippen LogP contribution >= 0.6 is 0 Å². The molecule has 0 spiro atoms. The van der Waals surface area contributed by atoms with Gasteiger partial charge in [-0.1, -0.05) is 26.7 Å². The smallest absolute Gasteiger partial charge is 0.201 e. The van der Waals surface area contributed by atoms with E-state index in [1.165, 1.54) is 25.7 Å². The monoisotopic (exact) mass is 273 g/mol. The summed E-state index contributed by atoms with van der Waals surface area (Å²) < 4.78 is 7.56. The number of ether oxygens (including phenoxy) is 1. The van der Waals surface area contributed by atoms with E-state index in [4.69, 9.17) is 10.5 Å². The van der Waals surface area contributed by atoms with E-state index in [0.717, 1.165) is 16.8 Å². The Kier molecular flexibility index (Phi) is 3.11. The zero-order valence-corrected chi connectivity index (χ0v) is 12.5. The molecule has 108 valence electrons. The lowest BCUT2D eigenvalue weighted by atomic mass is 9.73. The van der Waals surface area contributed by atoms with Gasteiger partial charge in [0.15, 0.2) is 0 Å². The molecule has 1 heterocycles. The molecule has 0 saturated heterocycles. The van der Waals surface area contributed by atoms with Crippen LogP contribution in [0.1, 0.15) is 45.6 Å². The number of rotatable bonds is 2. The van der Waals surface area contributed by atoms with Crippen molar-refractivity contribution in [3.63, 3.8) is 0 Å². The molecule has 1 unspecified atom stereocenters. The molecule has 2 aromatic rings. The van der Waals surface area contributed by atoms with Crippen molar-refractivity contribution in [2.24, 2.45) is 5.41 Å². The van der Waals surface area contributed by atoms with Crippen LogP contribution in [0.3, 0.4) is 0 Å². The third-order valence-corrected chi connectivity index (χ3v) is 4.69. The van der Waals surface area contributed by atoms with Crippen molar-refractivity contribution >= 4 is 17.0 Å². The van der Waals surface area contributed by atoms with Gasteiger partial charge >= 0.3 is 0 Å². The normalized spacial score (nSPS) is 22.1. The number of nitrogens with two attached hydrogens (primary N) is 1. The highest BCUT2D eigenvalue weighted by molar-refractivity contribution is 5.80. The molecule has 1 fully saturated rings. The van der Waals surface area contributed by atoms with Gasteiger partial charge in [-0.2, -0.15) is 0 Å². The van der Waals surface area contributed by atoms with Gasteiger partial charge in [0.1, 0.15) is 5.75 Å². The molecule has 1 aromatic heterocycles. The van der Waals surface area contributed by atoms with E-state index in [1.807, 2.05) is 18.2 Å². The third-order valence-electron chi connectivity index (χ3n) is 4.69. The van der Waals surface area contributed by atoms with Gasteiger partial charge in [0, 0.05) is 12.1 Å². The second-order valence-electron chi connectivity index (χ2n) is 6.44. The molecule has 4 heteroatoms. The fraction of sp³-hybridized carbons (Fsp3) is 0.562. The first-order chi connectivity index (χ1) is 9.53. The lowest BCUT2D eigenvalue weighted by molar-refractivity contribution is 0.149. The molecular formula is C16H23N3O. The van der Waals surface area contributed by atoms with Crippen LogP contribution in [0, 0.1) is 5.41 Å². The Morgan fingerprint density at radius 2 is 2.15 bits per heavy atom. The highest BCUT2D eigenvalue weighted by Crippen LogP contribution is 2.46. The molecule has 4 nitrogen and oxygen atoms in total. The Labute approximate surface area is 119 Å². The summed E-state index contributed by atoms with van der Waals surface area (Å²) in [7, 11) is 1.69. The number of fused-ring (bicyclic) bond motifs is 1. The summed E-state index contributed by atoms with van der Waals surface area (Å²) in [5.74, 6) is 1.47. The zero-order chi connectivity index (χ0) is 14.3. The molecule has 0 bridgehead atoms. The van der Waals surface area contributed by atoms with Crippen LogP contribution in [0.4, 0.5) is 5.95 Å². The quantitative estimate of drug-likeness (QED) is 0.906. The van der Waals surface area contributed by atoms with E-state index in [0.29, 0.717) is 12.0 Å². The van der Waals surface area contributed by atoms with Crippen molar-refractivity contribution in [1.82, 2.24) is 9.55 Å². The number of hydrogen-bond donors (Lipinski definition) is 1. The second-order valence-corrected chi connectivity index (χ2v) is 6.44. The number of aromatic nitrogens is 2. The average molecular weight is 273 g/mol. The van der Waals surface area contributed by atoms with Crippen molar-refractivity contribution in [3.8, 4) is 5.75 Å². The molecule has 1 atom stereocenters. The van der Waals surface area contributed by atoms with Crippen LogP contribution in [0.25, 0.3) is 11.0 Å². The number of benzene rings is 1. The summed E-state index contributed by atoms with van der Waals surface area (Å²) in [5, 5.41) is 0. The van der Waals surface area contributed by atoms with Gasteiger partial charge in [-0.25, -0.2) is 4.98 Å². The topological polar surface area (TPSA) is 53.1 Å². The Bertz CT molecular complexity index is 630. The summed E-state index contributed by atoms with van der Waals surface area (Å²) in [6.45, 7) is 4.67. The largest absolute Gasteiger partial charge is 0.497 e. The van der Waals surface area contributed by atoms with Crippen molar-refractivity contribution in [2.75, 3.05) is 12.8 Å². The van der Waals surface area contributed by atoms with Gasteiger partial charge in [-0.05, 0) is 30.4 Å². The van der Waals surface area contributed by atoms with Gasteiger partial charge in [0.2, 0.25) is 5.95 Å². The molecular weight excluding hydrogens is 250 g/mol. The highest BCUT2D eigenvalue weighted by atomic mass is 16.5. The second kappa shape index (κ2) is 4.69. The van der Waals surface area contributed by atoms with Gasteiger partial charge in [-0.15, -0.1) is 0 Å². The fourth-order valence-corrected chi connectivity index (χ4v) is 3.50. The summed E-state index contributed by atoms with van der Waals surface area (Å²) in [5.41, 5.74) is 8.49. The summed E-state index contributed by atoms with van der Waals surface area (Å²) in [4.78, 5) is 4.51. The van der Waals surface area contributed by atoms with Crippen LogP contribution < -0.4 is 10.5 Å². The van der Waals surface area contributed by atoms with E-state index < -0.39 is 0 Å². The number of imidazole rings is 1. The minimum Gasteiger partial charge on any atom is -0.497 e. The number of nitrogen functional groups attached to an aromatic ring is 1. The predicted molar refractivity (Wildman–Crippen MR) is 82.0 cm³/mol. The summed E-state index contributed by atoms with van der Waals surface area (Å²) in [6.07, 6.45) is 4.97. The first-order valence-corrected chi connectivity index (χ1v) is 7.34. The number of nitrogens with zero attached hydrogens (tertiary/aromatic N) is 2. The minimum atomic E-state index is 0.253. The number of methoxy groups -OCH3 is 1. The molecule has 1 aromatic carbocycles. The lowest BCUT2D eigenvalue weighted by Crippen LogP contribution is -2.31. The molecule has 0 amide bonds. The Morgan fingerprint density at radius 3 is 2.85 bits per heavy atom. The first kappa shape index (κ1) is 13.3. The molecule has 20 heavy (non-hydrogen) atoms. The van der Waals surface area contributed by atoms with Crippen molar-refractivity contribution in [1.29, 1.82) is 0 Å². The maximum Gasteiger partial charge on any atom is 0.201 e. The minimum absolute atomic E-state index is 0.253. The van der Waals surface area contributed by atoms with E-state index in [9.17, 15) is 0 Å². The zero-order valence-electron chi connectivity index (χ0n) is 12.5. The van der Waals surface area contributed by atoms with Crippen LogP contribution in [0.5, 0.6) is 5.75 Å². The van der Waals surface area contributed by atoms with Crippen LogP contribution in [-0.4, -0.2) is 16.7 Å². The fourth-order valence-electron chi connectivity index (χ4n) is 3.50. The molecule has 1 saturated carbocycles. The molecule has 1 aliphatic carbocycles. The van der Waals surface area contributed by atoms with E-state index in [1.54, 1.807) is 7.11 Å². The molecule has 1 aliphatic rings. The van der Waals surface area contributed by atoms with Crippen LogP contribution in [-0.2, 0) is 0 Å². The van der Waals surface area contributed by atoms with Gasteiger partial charge in [0.05, 0.1) is 18.1 Å². The number of hydrogen-bond acceptors (Lipinski definition) is 3. The number of anilines is 1. The Morgan fingerprint density at radius 1 is 1.35 bits per heavy atom. The van der Waals surface area contributed by atoms with Gasteiger partial charge in [0.25, 0.3) is 0 Å². The van der Waals surface area contributed by atoms with E-state index >= 15 is 0 Å².